The van der Waals surface area contributed by atoms with Gasteiger partial charge in [-0.15, -0.1) is 0 Å². The number of rotatable bonds is 2. The molecule has 0 spiro atoms. The topological polar surface area (TPSA) is 37.4 Å². The van der Waals surface area contributed by atoms with Crippen molar-refractivity contribution in [3.05, 3.63) is 70.9 Å². The standard InChI is InChI=1S/C20H17NO2/c1-21(2)17-11-18(22)16(10-19(17)23)15-9-13-7-3-5-12-6-4-8-14(15)20(12)13/h3-8,10-11,15H,9H2,1-2H3. The van der Waals surface area contributed by atoms with Gasteiger partial charge < -0.3 is 4.90 Å². The number of carbonyl (C=O) groups excluding carboxylic acids is 2. The fourth-order valence-electron chi connectivity index (χ4n) is 3.70. The van der Waals surface area contributed by atoms with Crippen molar-refractivity contribution in [3.63, 3.8) is 0 Å². The highest BCUT2D eigenvalue weighted by atomic mass is 16.1. The van der Waals surface area contributed by atoms with Gasteiger partial charge in [-0.05, 0) is 34.4 Å². The van der Waals surface area contributed by atoms with Crippen LogP contribution in [0.3, 0.4) is 0 Å². The van der Waals surface area contributed by atoms with Crippen molar-refractivity contribution in [2.24, 2.45) is 0 Å². The van der Waals surface area contributed by atoms with Crippen LogP contribution >= 0.6 is 0 Å². The molecule has 2 aliphatic rings. The molecule has 1 unspecified atom stereocenters. The monoisotopic (exact) mass is 303 g/mol. The summed E-state index contributed by atoms with van der Waals surface area (Å²) in [5, 5.41) is 2.44. The summed E-state index contributed by atoms with van der Waals surface area (Å²) in [7, 11) is 3.56. The van der Waals surface area contributed by atoms with Crippen LogP contribution in [0.25, 0.3) is 10.8 Å². The van der Waals surface area contributed by atoms with E-state index in [4.69, 9.17) is 0 Å². The molecule has 0 heterocycles. The first-order chi connectivity index (χ1) is 11.1. The van der Waals surface area contributed by atoms with E-state index in [1.165, 1.54) is 28.5 Å². The van der Waals surface area contributed by atoms with E-state index in [0.29, 0.717) is 11.3 Å². The maximum absolute atomic E-state index is 12.6. The molecule has 0 aliphatic heterocycles. The van der Waals surface area contributed by atoms with Gasteiger partial charge in [0, 0.05) is 31.7 Å². The number of carbonyl (C=O) groups is 2. The third kappa shape index (κ3) is 2.04. The van der Waals surface area contributed by atoms with E-state index in [9.17, 15) is 9.59 Å². The molecule has 114 valence electrons. The van der Waals surface area contributed by atoms with Crippen LogP contribution in [-0.2, 0) is 16.0 Å². The van der Waals surface area contributed by atoms with Crippen molar-refractivity contribution in [2.45, 2.75) is 12.3 Å². The van der Waals surface area contributed by atoms with Crippen LogP contribution in [0.5, 0.6) is 0 Å². The molecule has 0 fully saturated rings. The Morgan fingerprint density at radius 1 is 0.957 bits per heavy atom. The van der Waals surface area contributed by atoms with Crippen molar-refractivity contribution in [1.29, 1.82) is 0 Å². The number of nitrogens with zero attached hydrogens (tertiary/aromatic N) is 1. The molecule has 0 saturated heterocycles. The lowest BCUT2D eigenvalue weighted by Crippen LogP contribution is -2.25. The van der Waals surface area contributed by atoms with Crippen LogP contribution in [0.2, 0.25) is 0 Å². The van der Waals surface area contributed by atoms with Gasteiger partial charge in [-0.3, -0.25) is 9.59 Å². The molecule has 0 N–H and O–H groups in total. The van der Waals surface area contributed by atoms with E-state index in [0.717, 1.165) is 12.0 Å². The fourth-order valence-corrected chi connectivity index (χ4v) is 3.70. The second kappa shape index (κ2) is 4.92. The molecule has 0 radical (unpaired) electrons. The number of ketones is 2. The Morgan fingerprint density at radius 2 is 1.70 bits per heavy atom. The van der Waals surface area contributed by atoms with Crippen LogP contribution < -0.4 is 0 Å². The summed E-state index contributed by atoms with van der Waals surface area (Å²) in [6.45, 7) is 0. The zero-order valence-electron chi connectivity index (χ0n) is 13.2. The van der Waals surface area contributed by atoms with Gasteiger partial charge >= 0.3 is 0 Å². The summed E-state index contributed by atoms with van der Waals surface area (Å²) in [6.07, 6.45) is 3.79. The number of hydrogen-bond acceptors (Lipinski definition) is 3. The molecule has 2 aliphatic carbocycles. The SMILES string of the molecule is CN(C)C1=CC(=O)C(C2Cc3cccc4cccc2c34)=CC1=O. The largest absolute Gasteiger partial charge is 0.374 e. The molecule has 3 heteroatoms. The zero-order chi connectivity index (χ0) is 16.1. The fraction of sp³-hybridized carbons (Fsp3) is 0.200. The van der Waals surface area contributed by atoms with Crippen molar-refractivity contribution in [2.75, 3.05) is 14.1 Å². The van der Waals surface area contributed by atoms with E-state index < -0.39 is 0 Å². The first kappa shape index (κ1) is 13.9. The molecule has 3 nitrogen and oxygen atoms in total. The smallest absolute Gasteiger partial charge is 0.202 e. The van der Waals surface area contributed by atoms with Crippen LogP contribution in [0.1, 0.15) is 17.0 Å². The summed E-state index contributed by atoms with van der Waals surface area (Å²) >= 11 is 0. The molecule has 0 amide bonds. The third-order valence-corrected chi connectivity index (χ3v) is 4.77. The van der Waals surface area contributed by atoms with Crippen molar-refractivity contribution < 1.29 is 9.59 Å². The van der Waals surface area contributed by atoms with E-state index in [2.05, 4.69) is 30.3 Å². The van der Waals surface area contributed by atoms with Crippen LogP contribution in [0.15, 0.2) is 59.8 Å². The molecule has 2 aromatic rings. The van der Waals surface area contributed by atoms with Crippen molar-refractivity contribution in [1.82, 2.24) is 4.90 Å². The highest BCUT2D eigenvalue weighted by molar-refractivity contribution is 6.20. The summed E-state index contributed by atoms with van der Waals surface area (Å²) in [6, 6.07) is 12.5. The van der Waals surface area contributed by atoms with Crippen molar-refractivity contribution >= 4 is 22.3 Å². The van der Waals surface area contributed by atoms with Gasteiger partial charge in [0.1, 0.15) is 0 Å². The average Bonchev–Trinajstić information content (AvgIpc) is 2.90. The van der Waals surface area contributed by atoms with Gasteiger partial charge in [-0.1, -0.05) is 36.4 Å². The van der Waals surface area contributed by atoms with Gasteiger partial charge in [0.05, 0.1) is 5.70 Å². The van der Waals surface area contributed by atoms with Crippen LogP contribution in [0, 0.1) is 0 Å². The summed E-state index contributed by atoms with van der Waals surface area (Å²) in [5.74, 6) is -0.164. The Hall–Kier alpha value is -2.68. The predicted octanol–water partition coefficient (Wildman–Crippen LogP) is 3.00. The summed E-state index contributed by atoms with van der Waals surface area (Å²) in [5.41, 5.74) is 3.48. The van der Waals surface area contributed by atoms with Crippen LogP contribution in [0.4, 0.5) is 0 Å². The average molecular weight is 303 g/mol. The van der Waals surface area contributed by atoms with Crippen LogP contribution in [-0.4, -0.2) is 30.6 Å². The third-order valence-electron chi connectivity index (χ3n) is 4.77. The lowest BCUT2D eigenvalue weighted by molar-refractivity contribution is -0.116. The van der Waals surface area contributed by atoms with Gasteiger partial charge in [0.25, 0.3) is 0 Å². The number of likely N-dealkylation sites (N-methyl/N-ethyl adjacent to an activating group) is 1. The van der Waals surface area contributed by atoms with E-state index in [1.807, 2.05) is 6.07 Å². The van der Waals surface area contributed by atoms with Gasteiger partial charge in [0.15, 0.2) is 5.78 Å². The molecule has 0 saturated carbocycles. The number of hydrogen-bond donors (Lipinski definition) is 0. The normalized spacial score (nSPS) is 19.8. The second-order valence-corrected chi connectivity index (χ2v) is 6.37. The highest BCUT2D eigenvalue weighted by Crippen LogP contribution is 2.43. The van der Waals surface area contributed by atoms with E-state index in [-0.39, 0.29) is 17.5 Å². The second-order valence-electron chi connectivity index (χ2n) is 6.37. The molecule has 23 heavy (non-hydrogen) atoms. The van der Waals surface area contributed by atoms with Crippen molar-refractivity contribution in [3.8, 4) is 0 Å². The molecule has 4 rings (SSSR count). The molecule has 0 aromatic heterocycles. The molecule has 2 aromatic carbocycles. The molecular formula is C20H17NO2. The Kier molecular flexibility index (Phi) is 2.98. The first-order valence-corrected chi connectivity index (χ1v) is 7.76. The zero-order valence-corrected chi connectivity index (χ0v) is 13.2. The minimum atomic E-state index is -0.0901. The minimum absolute atomic E-state index is 0.0208. The Morgan fingerprint density at radius 3 is 2.43 bits per heavy atom. The van der Waals surface area contributed by atoms with Gasteiger partial charge in [0.2, 0.25) is 5.78 Å². The molecular weight excluding hydrogens is 286 g/mol. The van der Waals surface area contributed by atoms with E-state index >= 15 is 0 Å². The van der Waals surface area contributed by atoms with E-state index in [1.54, 1.807) is 19.0 Å². The lowest BCUT2D eigenvalue weighted by atomic mass is 9.85. The number of allylic oxidation sites excluding steroid dienone is 3. The molecule has 1 atom stereocenters. The van der Waals surface area contributed by atoms with Gasteiger partial charge in [-0.2, -0.15) is 0 Å². The summed E-state index contributed by atoms with van der Waals surface area (Å²) in [4.78, 5) is 26.6. The summed E-state index contributed by atoms with van der Waals surface area (Å²) < 4.78 is 0. The highest BCUT2D eigenvalue weighted by Gasteiger charge is 2.32. The van der Waals surface area contributed by atoms with Gasteiger partial charge in [-0.25, -0.2) is 0 Å². The minimum Gasteiger partial charge on any atom is -0.374 e. The first-order valence-electron chi connectivity index (χ1n) is 7.76. The quantitative estimate of drug-likeness (QED) is 0.800. The Balaban J connectivity index is 1.80. The Bertz CT molecular complexity index is 913. The Labute approximate surface area is 134 Å². The number of benzene rings is 2. The maximum Gasteiger partial charge on any atom is 0.202 e. The molecule has 0 bridgehead atoms. The maximum atomic E-state index is 12.6. The predicted molar refractivity (Wildman–Crippen MR) is 90.3 cm³/mol. The lowest BCUT2D eigenvalue weighted by Gasteiger charge is -2.21.